The Bertz CT molecular complexity index is 790. The Hall–Kier alpha value is -3.49. The Morgan fingerprint density at radius 1 is 1.13 bits per heavy atom. The summed E-state index contributed by atoms with van der Waals surface area (Å²) in [7, 11) is 1.46. The quantitative estimate of drug-likeness (QED) is 0.514. The molecule has 0 spiro atoms. The van der Waals surface area contributed by atoms with Gasteiger partial charge in [-0.1, -0.05) is 12.1 Å². The zero-order chi connectivity index (χ0) is 17.0. The number of phenolic OH excluding ortho intramolecular Hbond substituents is 1. The first-order valence-electron chi connectivity index (χ1n) is 6.38. The van der Waals surface area contributed by atoms with Gasteiger partial charge in [-0.3, -0.25) is 25.2 Å². The maximum absolute atomic E-state index is 11.1. The molecule has 2 aromatic carbocycles. The molecule has 0 aromatic heterocycles. The van der Waals surface area contributed by atoms with Crippen molar-refractivity contribution >= 4 is 23.3 Å². The number of benzene rings is 2. The highest BCUT2D eigenvalue weighted by molar-refractivity contribution is 5.84. The molecule has 0 saturated carbocycles. The van der Waals surface area contributed by atoms with Crippen molar-refractivity contribution < 1.29 is 15.0 Å². The fraction of sp³-hybridized carbons (Fsp3) is 0.0714. The number of nitro benzene ring substituents is 2. The molecule has 118 valence electrons. The van der Waals surface area contributed by atoms with Crippen LogP contribution in [-0.4, -0.2) is 28.2 Å². The number of nitrogens with zero attached hydrogens (tertiary/aromatic N) is 4. The first-order valence-corrected chi connectivity index (χ1v) is 6.38. The number of hydrogen-bond acceptors (Lipinski definition) is 7. The van der Waals surface area contributed by atoms with Crippen molar-refractivity contribution in [1.82, 2.24) is 0 Å². The molecule has 0 amide bonds. The van der Waals surface area contributed by atoms with Crippen molar-refractivity contribution in [2.75, 3.05) is 12.1 Å². The lowest BCUT2D eigenvalue weighted by Crippen LogP contribution is -2.11. The van der Waals surface area contributed by atoms with Crippen LogP contribution in [0.1, 0.15) is 5.56 Å². The fourth-order valence-electron chi connectivity index (χ4n) is 1.85. The number of nitro groups is 2. The van der Waals surface area contributed by atoms with Crippen molar-refractivity contribution in [2.45, 2.75) is 0 Å². The molecule has 0 fully saturated rings. The summed E-state index contributed by atoms with van der Waals surface area (Å²) < 4.78 is 0. The minimum Gasteiger partial charge on any atom is -0.507 e. The van der Waals surface area contributed by atoms with Crippen LogP contribution in [0.15, 0.2) is 47.6 Å². The average molecular weight is 316 g/mol. The molecule has 2 aromatic rings. The lowest BCUT2D eigenvalue weighted by Gasteiger charge is -2.12. The second kappa shape index (κ2) is 6.52. The summed E-state index contributed by atoms with van der Waals surface area (Å²) in [6.45, 7) is 0. The number of aromatic hydroxyl groups is 1. The molecule has 9 heteroatoms. The van der Waals surface area contributed by atoms with Crippen molar-refractivity contribution in [3.05, 3.63) is 68.3 Å². The Morgan fingerprint density at radius 3 is 2.43 bits per heavy atom. The predicted octanol–water partition coefficient (Wildman–Crippen LogP) is 2.68. The topological polar surface area (TPSA) is 122 Å². The van der Waals surface area contributed by atoms with Crippen LogP contribution in [0.2, 0.25) is 0 Å². The maximum atomic E-state index is 11.1. The maximum Gasteiger partial charge on any atom is 0.301 e. The van der Waals surface area contributed by atoms with Crippen LogP contribution >= 0.6 is 0 Å². The Labute approximate surface area is 130 Å². The van der Waals surface area contributed by atoms with Crippen LogP contribution in [0, 0.1) is 20.2 Å². The first kappa shape index (κ1) is 15.9. The van der Waals surface area contributed by atoms with Crippen molar-refractivity contribution in [1.29, 1.82) is 0 Å². The van der Waals surface area contributed by atoms with E-state index in [-0.39, 0.29) is 17.1 Å². The minimum absolute atomic E-state index is 0.0165. The van der Waals surface area contributed by atoms with Gasteiger partial charge in [0.1, 0.15) is 11.4 Å². The number of rotatable bonds is 5. The molecule has 0 heterocycles. The zero-order valence-corrected chi connectivity index (χ0v) is 12.0. The van der Waals surface area contributed by atoms with Gasteiger partial charge >= 0.3 is 5.69 Å². The summed E-state index contributed by atoms with van der Waals surface area (Å²) in [5.41, 5.74) is -0.286. The number of hydrazone groups is 1. The average Bonchev–Trinajstić information content (AvgIpc) is 2.53. The molecule has 0 aliphatic carbocycles. The molecule has 1 N–H and O–H groups in total. The molecular formula is C14H12N4O5. The lowest BCUT2D eigenvalue weighted by molar-refractivity contribution is -0.393. The molecule has 0 unspecified atom stereocenters. The number of para-hydroxylation sites is 1. The predicted molar refractivity (Wildman–Crippen MR) is 83.9 cm³/mol. The van der Waals surface area contributed by atoms with Gasteiger partial charge in [0, 0.05) is 18.7 Å². The van der Waals surface area contributed by atoms with Gasteiger partial charge < -0.3 is 5.11 Å². The summed E-state index contributed by atoms with van der Waals surface area (Å²) >= 11 is 0. The van der Waals surface area contributed by atoms with Crippen molar-refractivity contribution in [3.63, 3.8) is 0 Å². The summed E-state index contributed by atoms with van der Waals surface area (Å²) in [6.07, 6.45) is 1.33. The molecule has 0 bridgehead atoms. The molecule has 23 heavy (non-hydrogen) atoms. The largest absolute Gasteiger partial charge is 0.507 e. The zero-order valence-electron chi connectivity index (χ0n) is 12.0. The standard InChI is InChI=1S/C14H12N4O5/c1-16(15-9-10-4-2-3-5-14(10)19)12-7-6-11(17(20)21)8-13(12)18(22)23/h2-9,19H,1H3. The number of anilines is 1. The third kappa shape index (κ3) is 3.59. The Kier molecular flexibility index (Phi) is 4.50. The van der Waals surface area contributed by atoms with Gasteiger partial charge in [-0.2, -0.15) is 5.10 Å². The monoisotopic (exact) mass is 316 g/mol. The van der Waals surface area contributed by atoms with E-state index in [0.717, 1.165) is 12.1 Å². The van der Waals surface area contributed by atoms with E-state index in [1.165, 1.54) is 30.4 Å². The fourth-order valence-corrected chi connectivity index (χ4v) is 1.85. The number of phenols is 1. The van der Waals surface area contributed by atoms with Crippen LogP contribution in [0.4, 0.5) is 17.1 Å². The van der Waals surface area contributed by atoms with E-state index in [4.69, 9.17) is 0 Å². The molecule has 0 radical (unpaired) electrons. The smallest absolute Gasteiger partial charge is 0.301 e. The van der Waals surface area contributed by atoms with Gasteiger partial charge in [0.05, 0.1) is 22.1 Å². The van der Waals surface area contributed by atoms with E-state index in [2.05, 4.69) is 5.10 Å². The summed E-state index contributed by atoms with van der Waals surface area (Å²) in [6, 6.07) is 9.74. The van der Waals surface area contributed by atoms with Crippen molar-refractivity contribution in [2.24, 2.45) is 5.10 Å². The van der Waals surface area contributed by atoms with Crippen LogP contribution in [0.5, 0.6) is 5.75 Å². The first-order chi connectivity index (χ1) is 10.9. The van der Waals surface area contributed by atoms with E-state index in [9.17, 15) is 25.3 Å². The third-order valence-corrected chi connectivity index (χ3v) is 3.02. The minimum atomic E-state index is -0.714. The second-order valence-electron chi connectivity index (χ2n) is 4.51. The normalized spacial score (nSPS) is 10.7. The Balaban J connectivity index is 2.35. The summed E-state index contributed by atoms with van der Waals surface area (Å²) in [4.78, 5) is 20.4. The third-order valence-electron chi connectivity index (χ3n) is 3.02. The molecule has 2 rings (SSSR count). The summed E-state index contributed by atoms with van der Waals surface area (Å²) in [5.74, 6) is 0.0165. The molecule has 0 atom stereocenters. The van der Waals surface area contributed by atoms with Crippen LogP contribution in [0.3, 0.4) is 0 Å². The van der Waals surface area contributed by atoms with Crippen LogP contribution in [-0.2, 0) is 0 Å². The lowest BCUT2D eigenvalue weighted by atomic mass is 10.2. The van der Waals surface area contributed by atoms with Gasteiger partial charge in [-0.25, -0.2) is 0 Å². The highest BCUT2D eigenvalue weighted by Crippen LogP contribution is 2.31. The van der Waals surface area contributed by atoms with E-state index in [1.54, 1.807) is 18.2 Å². The second-order valence-corrected chi connectivity index (χ2v) is 4.51. The molecule has 0 saturated heterocycles. The number of non-ortho nitro benzene ring substituents is 1. The number of hydrogen-bond donors (Lipinski definition) is 1. The highest BCUT2D eigenvalue weighted by Gasteiger charge is 2.21. The SMILES string of the molecule is CN(N=Cc1ccccc1O)c1ccc([N+](=O)[O-])cc1[N+](=O)[O-]. The van der Waals surface area contributed by atoms with Crippen LogP contribution in [0.25, 0.3) is 0 Å². The van der Waals surface area contributed by atoms with Gasteiger partial charge in [-0.05, 0) is 18.2 Å². The van der Waals surface area contributed by atoms with E-state index in [1.807, 2.05) is 0 Å². The molecule has 0 aliphatic rings. The van der Waals surface area contributed by atoms with E-state index in [0.29, 0.717) is 5.56 Å². The van der Waals surface area contributed by atoms with Crippen molar-refractivity contribution in [3.8, 4) is 5.75 Å². The van der Waals surface area contributed by atoms with Crippen LogP contribution < -0.4 is 5.01 Å². The van der Waals surface area contributed by atoms with E-state index < -0.39 is 15.5 Å². The van der Waals surface area contributed by atoms with Gasteiger partial charge in [0.15, 0.2) is 0 Å². The molecule has 9 nitrogen and oxygen atoms in total. The van der Waals surface area contributed by atoms with Gasteiger partial charge in [-0.15, -0.1) is 0 Å². The molecule has 0 aliphatic heterocycles. The van der Waals surface area contributed by atoms with Gasteiger partial charge in [0.2, 0.25) is 0 Å². The highest BCUT2D eigenvalue weighted by atomic mass is 16.6. The van der Waals surface area contributed by atoms with E-state index >= 15 is 0 Å². The summed E-state index contributed by atoms with van der Waals surface area (Å²) in [5, 5.41) is 36.7. The van der Waals surface area contributed by atoms with Gasteiger partial charge in [0.25, 0.3) is 5.69 Å². The Morgan fingerprint density at radius 2 is 1.83 bits per heavy atom. The molecular weight excluding hydrogens is 304 g/mol.